The van der Waals surface area contributed by atoms with Crippen molar-refractivity contribution >= 4 is 23.1 Å². The lowest BCUT2D eigenvalue weighted by atomic mass is 9.44. The summed E-state index contributed by atoms with van der Waals surface area (Å²) >= 11 is 0. The number of aliphatic hydroxyl groups excluding tert-OH is 2. The van der Waals surface area contributed by atoms with E-state index in [-0.39, 0.29) is 41.4 Å². The Labute approximate surface area is 249 Å². The number of methoxy groups -OCH3 is 1. The van der Waals surface area contributed by atoms with Crippen LogP contribution in [-0.2, 0) is 16.0 Å². The highest BCUT2D eigenvalue weighted by atomic mass is 16.5. The lowest BCUT2D eigenvalue weighted by molar-refractivity contribution is -0.171. The van der Waals surface area contributed by atoms with E-state index >= 15 is 0 Å². The van der Waals surface area contributed by atoms with Crippen LogP contribution in [0.5, 0.6) is 11.5 Å². The lowest BCUT2D eigenvalue weighted by Gasteiger charge is -2.59. The minimum absolute atomic E-state index is 0.0232. The van der Waals surface area contributed by atoms with Crippen LogP contribution in [0.3, 0.4) is 0 Å². The molecular formula is C34H36O9. The molecule has 0 heterocycles. The molecule has 4 N–H and O–H groups in total. The van der Waals surface area contributed by atoms with E-state index in [1.807, 2.05) is 0 Å². The van der Waals surface area contributed by atoms with E-state index in [2.05, 4.69) is 0 Å². The maximum absolute atomic E-state index is 14.3. The molecule has 0 aromatic heterocycles. The molecule has 0 saturated heterocycles. The molecule has 0 radical (unpaired) electrons. The molecule has 0 fully saturated rings. The number of aliphatic hydroxyl groups is 3. The molecule has 0 saturated carbocycles. The van der Waals surface area contributed by atoms with Gasteiger partial charge in [-0.1, -0.05) is 33.8 Å². The van der Waals surface area contributed by atoms with Gasteiger partial charge in [0.05, 0.1) is 12.7 Å². The maximum Gasteiger partial charge on any atom is 0.209 e. The Bertz CT molecular complexity index is 1710. The van der Waals surface area contributed by atoms with Gasteiger partial charge < -0.3 is 25.2 Å². The van der Waals surface area contributed by atoms with Gasteiger partial charge in [0.1, 0.15) is 28.6 Å². The zero-order valence-electron chi connectivity index (χ0n) is 25.3. The molecule has 3 aliphatic carbocycles. The average molecular weight is 589 g/mol. The summed E-state index contributed by atoms with van der Waals surface area (Å²) < 4.78 is 5.59. The van der Waals surface area contributed by atoms with Crippen molar-refractivity contribution in [2.45, 2.75) is 60.0 Å². The monoisotopic (exact) mass is 588 g/mol. The van der Waals surface area contributed by atoms with Gasteiger partial charge in [0.2, 0.25) is 5.78 Å². The topological polar surface area (TPSA) is 158 Å². The highest BCUT2D eigenvalue weighted by molar-refractivity contribution is 6.25. The molecule has 0 bridgehead atoms. The number of fused-ring (bicyclic) bond motifs is 3. The van der Waals surface area contributed by atoms with Crippen molar-refractivity contribution in [1.82, 2.24) is 0 Å². The van der Waals surface area contributed by atoms with E-state index in [1.165, 1.54) is 20.1 Å². The third-order valence-electron chi connectivity index (χ3n) is 9.79. The first-order valence-electron chi connectivity index (χ1n) is 14.2. The molecule has 0 aliphatic heterocycles. The van der Waals surface area contributed by atoms with Gasteiger partial charge in [-0.25, -0.2) is 0 Å². The Morgan fingerprint density at radius 3 is 2.19 bits per heavy atom. The number of carbonyl (C=O) groups is 4. The van der Waals surface area contributed by atoms with Gasteiger partial charge in [-0.05, 0) is 68.0 Å². The molecule has 0 amide bonds. The highest BCUT2D eigenvalue weighted by Gasteiger charge is 2.71. The van der Waals surface area contributed by atoms with Crippen LogP contribution < -0.4 is 4.74 Å². The minimum Gasteiger partial charge on any atom is -0.511 e. The normalized spacial score (nSPS) is 28.4. The van der Waals surface area contributed by atoms with Crippen LogP contribution in [0, 0.1) is 22.7 Å². The standard InChI is InChI=1S/C34H36O9/c1-15(2)26-28(38)24(17(4)36)30(40)34(42)31(41)27-29(39)25-21(13-32(27,5)14-33(26,34)6)19(9-10-22(25)37)20-12-18(16(3)35)8-11-23(20)43-7/h8-12,15,26,37-38,41-42H,13-14H2,1-7H3/t26?,32-,33-,34+/m1/s1. The Balaban J connectivity index is 1.82. The predicted molar refractivity (Wildman–Crippen MR) is 157 cm³/mol. The van der Waals surface area contributed by atoms with E-state index in [9.17, 15) is 39.6 Å². The van der Waals surface area contributed by atoms with Crippen molar-refractivity contribution in [1.29, 1.82) is 0 Å². The largest absolute Gasteiger partial charge is 0.511 e. The number of ketones is 4. The van der Waals surface area contributed by atoms with Crippen molar-refractivity contribution in [3.05, 3.63) is 69.7 Å². The Morgan fingerprint density at radius 1 is 0.977 bits per heavy atom. The van der Waals surface area contributed by atoms with Gasteiger partial charge >= 0.3 is 0 Å². The van der Waals surface area contributed by atoms with Gasteiger partial charge in [-0.2, -0.15) is 0 Å². The number of Topliss-reactive ketones (excluding diaryl/α,β-unsaturated/α-hetero) is 4. The summed E-state index contributed by atoms with van der Waals surface area (Å²) in [5, 5.41) is 46.3. The van der Waals surface area contributed by atoms with Crippen molar-refractivity contribution < 1.29 is 44.3 Å². The average Bonchev–Trinajstić information content (AvgIpc) is 2.90. The van der Waals surface area contributed by atoms with Crippen LogP contribution in [0.1, 0.15) is 74.2 Å². The quantitative estimate of drug-likeness (QED) is 0.271. The van der Waals surface area contributed by atoms with Gasteiger partial charge in [0, 0.05) is 33.4 Å². The van der Waals surface area contributed by atoms with Gasteiger partial charge in [0.25, 0.3) is 0 Å². The summed E-state index contributed by atoms with van der Waals surface area (Å²) in [5.41, 5.74) is -4.37. The molecule has 9 nitrogen and oxygen atoms in total. The highest BCUT2D eigenvalue weighted by Crippen LogP contribution is 2.65. The van der Waals surface area contributed by atoms with Crippen LogP contribution in [-0.4, -0.2) is 56.3 Å². The third-order valence-corrected chi connectivity index (χ3v) is 9.79. The van der Waals surface area contributed by atoms with Crippen molar-refractivity contribution in [3.63, 3.8) is 0 Å². The summed E-state index contributed by atoms with van der Waals surface area (Å²) in [7, 11) is 1.48. The zero-order chi connectivity index (χ0) is 32.0. The number of phenols is 1. The molecule has 0 spiro atoms. The van der Waals surface area contributed by atoms with Crippen LogP contribution in [0.2, 0.25) is 0 Å². The first-order chi connectivity index (χ1) is 20.0. The second-order valence-corrected chi connectivity index (χ2v) is 12.9. The molecule has 1 unspecified atom stereocenters. The summed E-state index contributed by atoms with van der Waals surface area (Å²) in [5.74, 6) is -5.38. The number of hydrogen-bond donors (Lipinski definition) is 4. The minimum atomic E-state index is -2.68. The summed E-state index contributed by atoms with van der Waals surface area (Å²) in [6.45, 7) is 9.42. The van der Waals surface area contributed by atoms with Gasteiger partial charge in [0.15, 0.2) is 23.0 Å². The van der Waals surface area contributed by atoms with E-state index in [0.717, 1.165) is 6.92 Å². The van der Waals surface area contributed by atoms with Crippen LogP contribution in [0.15, 0.2) is 53.0 Å². The number of aromatic hydroxyl groups is 1. The first kappa shape index (κ1) is 30.2. The van der Waals surface area contributed by atoms with Crippen molar-refractivity contribution in [2.75, 3.05) is 7.11 Å². The fourth-order valence-electron chi connectivity index (χ4n) is 8.12. The first-order valence-corrected chi connectivity index (χ1v) is 14.2. The molecule has 4 atom stereocenters. The van der Waals surface area contributed by atoms with E-state index in [1.54, 1.807) is 52.0 Å². The van der Waals surface area contributed by atoms with E-state index < -0.39 is 56.8 Å². The molecule has 5 rings (SSSR count). The Morgan fingerprint density at radius 2 is 1.63 bits per heavy atom. The van der Waals surface area contributed by atoms with Crippen LogP contribution >= 0.6 is 0 Å². The number of rotatable bonds is 5. The smallest absolute Gasteiger partial charge is 0.209 e. The number of allylic oxidation sites excluding steroid dienone is 2. The van der Waals surface area contributed by atoms with Crippen LogP contribution in [0.25, 0.3) is 11.1 Å². The number of ether oxygens (including phenoxy) is 1. The molecule has 3 aliphatic rings. The van der Waals surface area contributed by atoms with Crippen molar-refractivity contribution in [2.24, 2.45) is 22.7 Å². The molecule has 9 heteroatoms. The molecule has 2 aromatic carbocycles. The summed E-state index contributed by atoms with van der Waals surface area (Å²) in [6.07, 6.45) is 0.0734. The zero-order valence-corrected chi connectivity index (χ0v) is 25.3. The molecular weight excluding hydrogens is 552 g/mol. The number of hydrogen-bond acceptors (Lipinski definition) is 9. The Hall–Kier alpha value is -4.24. The fraction of sp³-hybridized carbons (Fsp3) is 0.412. The SMILES string of the molecule is COc1ccc(C(C)=O)cc1-c1ccc(O)c2c1C[C@]1(C)C[C@]3(C)C(C(C)C)C(O)=C(C(C)=O)C(=O)[C@]3(O)C(O)=C1C2=O. The molecule has 2 aromatic rings. The third kappa shape index (κ3) is 3.87. The van der Waals surface area contributed by atoms with Crippen molar-refractivity contribution in [3.8, 4) is 22.6 Å². The Kier molecular flexibility index (Phi) is 6.77. The van der Waals surface area contributed by atoms with E-state index in [0.29, 0.717) is 28.0 Å². The lowest BCUT2D eigenvalue weighted by Crippen LogP contribution is -2.67. The summed E-state index contributed by atoms with van der Waals surface area (Å²) in [6, 6.07) is 7.91. The van der Waals surface area contributed by atoms with Crippen LogP contribution in [0.4, 0.5) is 0 Å². The second kappa shape index (κ2) is 9.64. The number of benzene rings is 2. The summed E-state index contributed by atoms with van der Waals surface area (Å²) in [4.78, 5) is 52.9. The molecule has 226 valence electrons. The van der Waals surface area contributed by atoms with Gasteiger partial charge in [-0.3, -0.25) is 19.2 Å². The molecule has 43 heavy (non-hydrogen) atoms. The predicted octanol–water partition coefficient (Wildman–Crippen LogP) is 5.22. The second-order valence-electron chi connectivity index (χ2n) is 12.9. The maximum atomic E-state index is 14.3. The fourth-order valence-corrected chi connectivity index (χ4v) is 8.12. The number of phenolic OH excluding ortho intramolecular Hbond substituents is 1. The van der Waals surface area contributed by atoms with E-state index in [4.69, 9.17) is 4.74 Å². The number of carbonyl (C=O) groups excluding carboxylic acids is 4. The van der Waals surface area contributed by atoms with Gasteiger partial charge in [-0.15, -0.1) is 0 Å².